The number of hydrogen-bond acceptors (Lipinski definition) is 3. The quantitative estimate of drug-likeness (QED) is 0.862. The number of hydrogen-bond donors (Lipinski definition) is 2. The molecule has 1 saturated heterocycles. The predicted octanol–water partition coefficient (Wildman–Crippen LogP) is 1.03. The van der Waals surface area contributed by atoms with Crippen molar-refractivity contribution in [3.05, 3.63) is 28.7 Å². The second-order valence-electron chi connectivity index (χ2n) is 4.89. The number of aromatic nitrogens is 2. The summed E-state index contributed by atoms with van der Waals surface area (Å²) in [5.41, 5.74) is 0.787. The van der Waals surface area contributed by atoms with E-state index in [2.05, 4.69) is 9.97 Å². The predicted molar refractivity (Wildman–Crippen MR) is 71.5 cm³/mol. The summed E-state index contributed by atoms with van der Waals surface area (Å²) >= 11 is 0. The zero-order valence-corrected chi connectivity index (χ0v) is 11.3. The summed E-state index contributed by atoms with van der Waals surface area (Å²) < 4.78 is 26.6. The molecule has 0 radical (unpaired) electrons. The Morgan fingerprint density at radius 3 is 2.68 bits per heavy atom. The zero-order valence-electron chi connectivity index (χ0n) is 10.5. The highest BCUT2D eigenvalue weighted by atomic mass is 32.2. The van der Waals surface area contributed by atoms with Crippen molar-refractivity contribution < 1.29 is 8.42 Å². The molecule has 19 heavy (non-hydrogen) atoms. The Balaban J connectivity index is 2.10. The molecule has 1 fully saturated rings. The van der Waals surface area contributed by atoms with E-state index < -0.39 is 10.0 Å². The van der Waals surface area contributed by atoms with Gasteiger partial charge in [-0.2, -0.15) is 4.31 Å². The van der Waals surface area contributed by atoms with E-state index in [9.17, 15) is 13.2 Å². The molecular formula is C12H15N3O3S. The monoisotopic (exact) mass is 281 g/mol. The molecule has 0 bridgehead atoms. The van der Waals surface area contributed by atoms with Gasteiger partial charge in [0.05, 0.1) is 15.9 Å². The number of nitrogens with zero attached hydrogens (tertiary/aromatic N) is 1. The fourth-order valence-corrected chi connectivity index (χ4v) is 4.30. The van der Waals surface area contributed by atoms with Crippen LogP contribution in [0, 0.1) is 0 Å². The van der Waals surface area contributed by atoms with Gasteiger partial charge in [-0.3, -0.25) is 0 Å². The Bertz CT molecular complexity index is 775. The van der Waals surface area contributed by atoms with Gasteiger partial charge in [0.2, 0.25) is 10.0 Å². The lowest BCUT2D eigenvalue weighted by Crippen LogP contribution is -2.33. The Kier molecular flexibility index (Phi) is 2.75. The Morgan fingerprint density at radius 2 is 2.00 bits per heavy atom. The SMILES string of the molecule is CC1CCCN1S(=O)(=O)c1ccc2[nH]c(=O)[nH]c2c1. The van der Waals surface area contributed by atoms with Crippen molar-refractivity contribution in [2.75, 3.05) is 6.54 Å². The zero-order chi connectivity index (χ0) is 13.6. The van der Waals surface area contributed by atoms with Crippen molar-refractivity contribution in [2.24, 2.45) is 0 Å². The number of H-pyrrole nitrogens is 2. The first-order valence-electron chi connectivity index (χ1n) is 6.22. The van der Waals surface area contributed by atoms with Gasteiger partial charge in [-0.25, -0.2) is 13.2 Å². The lowest BCUT2D eigenvalue weighted by Gasteiger charge is -2.20. The summed E-state index contributed by atoms with van der Waals surface area (Å²) in [6.07, 6.45) is 1.78. The van der Waals surface area contributed by atoms with Crippen LogP contribution in [0.15, 0.2) is 27.9 Å². The van der Waals surface area contributed by atoms with Gasteiger partial charge in [0.1, 0.15) is 0 Å². The molecule has 1 aromatic heterocycles. The molecule has 1 aliphatic rings. The van der Waals surface area contributed by atoms with Crippen molar-refractivity contribution in [2.45, 2.75) is 30.7 Å². The molecule has 1 aromatic carbocycles. The van der Waals surface area contributed by atoms with Gasteiger partial charge in [0.15, 0.2) is 0 Å². The maximum Gasteiger partial charge on any atom is 0.323 e. The molecule has 2 aromatic rings. The first-order valence-corrected chi connectivity index (χ1v) is 7.66. The first kappa shape index (κ1) is 12.4. The number of aromatic amines is 2. The highest BCUT2D eigenvalue weighted by Crippen LogP contribution is 2.26. The lowest BCUT2D eigenvalue weighted by atomic mass is 10.3. The Hall–Kier alpha value is -1.60. The number of sulfonamides is 1. The van der Waals surface area contributed by atoms with Gasteiger partial charge in [-0.05, 0) is 38.0 Å². The van der Waals surface area contributed by atoms with E-state index in [0.717, 1.165) is 12.8 Å². The lowest BCUT2D eigenvalue weighted by molar-refractivity contribution is 0.408. The van der Waals surface area contributed by atoms with Crippen LogP contribution in [0.4, 0.5) is 0 Å². The van der Waals surface area contributed by atoms with Crippen molar-refractivity contribution in [3.63, 3.8) is 0 Å². The number of rotatable bonds is 2. The number of benzene rings is 1. The van der Waals surface area contributed by atoms with Crippen LogP contribution in [-0.2, 0) is 10.0 Å². The normalized spacial score (nSPS) is 21.2. The summed E-state index contributed by atoms with van der Waals surface area (Å²) in [6.45, 7) is 2.48. The van der Waals surface area contributed by atoms with Crippen LogP contribution in [0.2, 0.25) is 0 Å². The molecular weight excluding hydrogens is 266 g/mol. The smallest absolute Gasteiger partial charge is 0.306 e. The topological polar surface area (TPSA) is 86.0 Å². The molecule has 7 heteroatoms. The second-order valence-corrected chi connectivity index (χ2v) is 6.78. The number of fused-ring (bicyclic) bond motifs is 1. The maximum atomic E-state index is 12.5. The minimum absolute atomic E-state index is 0.0333. The van der Waals surface area contributed by atoms with E-state index in [-0.39, 0.29) is 16.6 Å². The van der Waals surface area contributed by atoms with Gasteiger partial charge >= 0.3 is 5.69 Å². The fraction of sp³-hybridized carbons (Fsp3) is 0.417. The molecule has 0 saturated carbocycles. The molecule has 2 heterocycles. The third kappa shape index (κ3) is 1.98. The van der Waals surface area contributed by atoms with E-state index in [4.69, 9.17) is 0 Å². The summed E-state index contributed by atoms with van der Waals surface area (Å²) in [7, 11) is -3.47. The van der Waals surface area contributed by atoms with Crippen LogP contribution in [0.1, 0.15) is 19.8 Å². The second kappa shape index (κ2) is 4.21. The van der Waals surface area contributed by atoms with Gasteiger partial charge in [0, 0.05) is 12.6 Å². The summed E-state index contributed by atoms with van der Waals surface area (Å²) in [6, 6.07) is 4.69. The van der Waals surface area contributed by atoms with E-state index >= 15 is 0 Å². The first-order chi connectivity index (χ1) is 8.98. The maximum absolute atomic E-state index is 12.5. The molecule has 0 spiro atoms. The van der Waals surface area contributed by atoms with Crippen molar-refractivity contribution in [1.29, 1.82) is 0 Å². The largest absolute Gasteiger partial charge is 0.323 e. The number of nitrogens with one attached hydrogen (secondary N) is 2. The highest BCUT2D eigenvalue weighted by molar-refractivity contribution is 7.89. The standard InChI is InChI=1S/C12H15N3O3S/c1-8-3-2-6-15(8)19(17,18)9-4-5-10-11(7-9)14-12(16)13-10/h4-5,7-8H,2-3,6H2,1H3,(H2,13,14,16). The third-order valence-electron chi connectivity index (χ3n) is 3.59. The average molecular weight is 281 g/mol. The van der Waals surface area contributed by atoms with Crippen LogP contribution < -0.4 is 5.69 Å². The van der Waals surface area contributed by atoms with Crippen molar-refractivity contribution in [3.8, 4) is 0 Å². The molecule has 0 amide bonds. The highest BCUT2D eigenvalue weighted by Gasteiger charge is 2.32. The Morgan fingerprint density at radius 1 is 1.26 bits per heavy atom. The van der Waals surface area contributed by atoms with Gasteiger partial charge < -0.3 is 9.97 Å². The third-order valence-corrected chi connectivity index (χ3v) is 5.60. The van der Waals surface area contributed by atoms with Crippen LogP contribution in [0.5, 0.6) is 0 Å². The van der Waals surface area contributed by atoms with Crippen LogP contribution >= 0.6 is 0 Å². The molecule has 1 unspecified atom stereocenters. The minimum atomic E-state index is -3.47. The van der Waals surface area contributed by atoms with E-state index in [1.807, 2.05) is 6.92 Å². The van der Waals surface area contributed by atoms with Crippen molar-refractivity contribution >= 4 is 21.1 Å². The summed E-state index contributed by atoms with van der Waals surface area (Å²) in [5, 5.41) is 0. The van der Waals surface area contributed by atoms with Crippen LogP contribution in [0.3, 0.4) is 0 Å². The number of imidazole rings is 1. The van der Waals surface area contributed by atoms with E-state index in [1.165, 1.54) is 16.4 Å². The summed E-state index contributed by atoms with van der Waals surface area (Å²) in [5.74, 6) is 0. The Labute approximate surface area is 110 Å². The molecule has 2 N–H and O–H groups in total. The van der Waals surface area contributed by atoms with Gasteiger partial charge in [-0.15, -0.1) is 0 Å². The average Bonchev–Trinajstić information content (AvgIpc) is 2.92. The minimum Gasteiger partial charge on any atom is -0.306 e. The molecule has 102 valence electrons. The molecule has 3 rings (SSSR count). The molecule has 6 nitrogen and oxygen atoms in total. The summed E-state index contributed by atoms with van der Waals surface area (Å²) in [4.78, 5) is 16.6. The van der Waals surface area contributed by atoms with E-state index in [1.54, 1.807) is 6.07 Å². The van der Waals surface area contributed by atoms with Crippen molar-refractivity contribution in [1.82, 2.24) is 14.3 Å². The van der Waals surface area contributed by atoms with Gasteiger partial charge in [-0.1, -0.05) is 0 Å². The molecule has 0 aliphatic carbocycles. The van der Waals surface area contributed by atoms with E-state index in [0.29, 0.717) is 17.6 Å². The molecule has 1 aliphatic heterocycles. The fourth-order valence-electron chi connectivity index (χ4n) is 2.57. The van der Waals surface area contributed by atoms with Crippen LogP contribution in [0.25, 0.3) is 11.0 Å². The van der Waals surface area contributed by atoms with Crippen LogP contribution in [-0.4, -0.2) is 35.3 Å². The van der Waals surface area contributed by atoms with Gasteiger partial charge in [0.25, 0.3) is 0 Å². The molecule has 1 atom stereocenters.